The Morgan fingerprint density at radius 1 is 0.426 bits per heavy atom. The third kappa shape index (κ3) is 15.0. The van der Waals surface area contributed by atoms with E-state index in [0.29, 0.717) is 36.2 Å². The number of ether oxygens (including phenoxy) is 4. The maximum Gasteiger partial charge on any atom is 0.338 e. The van der Waals surface area contributed by atoms with Gasteiger partial charge in [-0.3, -0.25) is 0 Å². The number of carbonyl (C=O) groups is 2. The number of unbranched alkanes of at least 4 members (excludes halogenated alkanes) is 9. The number of carbonyl (C=O) groups excluding carboxylic acids is 2. The van der Waals surface area contributed by atoms with Crippen LogP contribution in [0.4, 0.5) is 0 Å². The predicted molar refractivity (Wildman–Crippen MR) is 220 cm³/mol. The number of hydrogen-bond donors (Lipinski definition) is 0. The van der Waals surface area contributed by atoms with Crippen LogP contribution in [-0.4, -0.2) is 38.4 Å². The van der Waals surface area contributed by atoms with E-state index < -0.39 is 0 Å². The third-order valence-corrected chi connectivity index (χ3v) is 10.1. The topological polar surface area (TPSA) is 71.1 Å². The fourth-order valence-electron chi connectivity index (χ4n) is 5.92. The largest absolute Gasteiger partial charge is 0.494 e. The zero-order valence-electron chi connectivity index (χ0n) is 33.2. The Labute approximate surface area is 324 Å². The average molecular weight is 735 g/mol. The third-order valence-electron chi connectivity index (χ3n) is 10.1. The van der Waals surface area contributed by atoms with Crippen molar-refractivity contribution in [3.63, 3.8) is 0 Å². The first-order valence-electron chi connectivity index (χ1n) is 20.4. The van der Waals surface area contributed by atoms with Crippen molar-refractivity contribution in [3.05, 3.63) is 108 Å². The molecule has 6 heteroatoms. The van der Waals surface area contributed by atoms with E-state index in [-0.39, 0.29) is 11.9 Å². The molecule has 4 aromatic carbocycles. The summed E-state index contributed by atoms with van der Waals surface area (Å²) in [7, 11) is 0. The van der Waals surface area contributed by atoms with Crippen molar-refractivity contribution < 1.29 is 28.5 Å². The minimum atomic E-state index is -0.265. The summed E-state index contributed by atoms with van der Waals surface area (Å²) in [6.07, 6.45) is 14.2. The SMILES string of the molecule is CC[C@H](C)COC(=O)c1ccc(-c2ccc(OCCCCCCCCCCCCOc3ccc(-c4ccc(C(=O)OC[C@@H](C)CC)cc4)cc3)cc2)cc1. The molecular weight excluding hydrogens is 673 g/mol. The van der Waals surface area contributed by atoms with Gasteiger partial charge in [0, 0.05) is 0 Å². The van der Waals surface area contributed by atoms with Gasteiger partial charge in [-0.2, -0.15) is 0 Å². The second kappa shape index (κ2) is 24.0. The highest BCUT2D eigenvalue weighted by Gasteiger charge is 2.11. The van der Waals surface area contributed by atoms with Gasteiger partial charge in [0.05, 0.1) is 37.6 Å². The lowest BCUT2D eigenvalue weighted by molar-refractivity contribution is 0.0438. The van der Waals surface area contributed by atoms with Gasteiger partial charge in [0.2, 0.25) is 0 Å². The lowest BCUT2D eigenvalue weighted by atomic mass is 10.0. The van der Waals surface area contributed by atoms with Crippen molar-refractivity contribution in [1.82, 2.24) is 0 Å². The van der Waals surface area contributed by atoms with E-state index in [1.807, 2.05) is 72.8 Å². The van der Waals surface area contributed by atoms with Gasteiger partial charge in [0.25, 0.3) is 0 Å². The van der Waals surface area contributed by atoms with Gasteiger partial charge in [0.1, 0.15) is 11.5 Å². The Morgan fingerprint density at radius 2 is 0.704 bits per heavy atom. The molecule has 0 bridgehead atoms. The molecule has 0 fully saturated rings. The number of esters is 2. The molecule has 0 aromatic heterocycles. The predicted octanol–water partition coefficient (Wildman–Crippen LogP) is 12.8. The molecule has 0 spiro atoms. The van der Waals surface area contributed by atoms with Crippen LogP contribution < -0.4 is 9.47 Å². The molecule has 54 heavy (non-hydrogen) atoms. The first-order chi connectivity index (χ1) is 26.4. The molecule has 290 valence electrons. The van der Waals surface area contributed by atoms with Crippen LogP contribution >= 0.6 is 0 Å². The molecule has 0 unspecified atom stereocenters. The van der Waals surface area contributed by atoms with Crippen LogP contribution in [0.25, 0.3) is 22.3 Å². The zero-order valence-corrected chi connectivity index (χ0v) is 33.2. The van der Waals surface area contributed by atoms with E-state index in [4.69, 9.17) is 18.9 Å². The molecule has 4 rings (SSSR count). The maximum atomic E-state index is 12.3. The van der Waals surface area contributed by atoms with Crippen LogP contribution in [0.3, 0.4) is 0 Å². The van der Waals surface area contributed by atoms with Crippen molar-refractivity contribution in [3.8, 4) is 33.8 Å². The second-order valence-corrected chi connectivity index (χ2v) is 14.7. The highest BCUT2D eigenvalue weighted by Crippen LogP contribution is 2.25. The summed E-state index contributed by atoms with van der Waals surface area (Å²) in [5.74, 6) is 2.00. The second-order valence-electron chi connectivity index (χ2n) is 14.7. The summed E-state index contributed by atoms with van der Waals surface area (Å²) in [4.78, 5) is 24.6. The van der Waals surface area contributed by atoms with Gasteiger partial charge >= 0.3 is 11.9 Å². The van der Waals surface area contributed by atoms with Gasteiger partial charge in [0.15, 0.2) is 0 Å². The van der Waals surface area contributed by atoms with Crippen molar-refractivity contribution in [2.45, 2.75) is 105 Å². The van der Waals surface area contributed by atoms with E-state index in [0.717, 1.165) is 72.6 Å². The van der Waals surface area contributed by atoms with Gasteiger partial charge in [-0.25, -0.2) is 9.59 Å². The Balaban J connectivity index is 0.971. The summed E-state index contributed by atoms with van der Waals surface area (Å²) in [5.41, 5.74) is 5.47. The molecule has 0 radical (unpaired) electrons. The molecule has 2 atom stereocenters. The Morgan fingerprint density at radius 3 is 1.00 bits per heavy atom. The normalized spacial score (nSPS) is 12.1. The molecule has 0 saturated heterocycles. The van der Waals surface area contributed by atoms with Gasteiger partial charge in [-0.05, 0) is 95.5 Å². The zero-order chi connectivity index (χ0) is 38.4. The summed E-state index contributed by atoms with van der Waals surface area (Å²) in [6.45, 7) is 10.7. The minimum Gasteiger partial charge on any atom is -0.494 e. The van der Waals surface area contributed by atoms with Crippen LogP contribution in [0.1, 0.15) is 125 Å². The van der Waals surface area contributed by atoms with Crippen molar-refractivity contribution in [2.75, 3.05) is 26.4 Å². The first-order valence-corrected chi connectivity index (χ1v) is 20.4. The van der Waals surface area contributed by atoms with E-state index in [9.17, 15) is 9.59 Å². The van der Waals surface area contributed by atoms with Crippen LogP contribution in [0.2, 0.25) is 0 Å². The molecule has 0 N–H and O–H groups in total. The smallest absolute Gasteiger partial charge is 0.338 e. The average Bonchev–Trinajstić information content (AvgIpc) is 3.22. The van der Waals surface area contributed by atoms with Gasteiger partial charge in [-0.1, -0.05) is 140 Å². The molecular formula is C48H62O6. The van der Waals surface area contributed by atoms with Gasteiger partial charge in [-0.15, -0.1) is 0 Å². The number of rotatable bonds is 25. The fourth-order valence-corrected chi connectivity index (χ4v) is 5.92. The number of hydrogen-bond acceptors (Lipinski definition) is 6. The molecule has 0 saturated carbocycles. The molecule has 0 amide bonds. The van der Waals surface area contributed by atoms with Crippen LogP contribution in [-0.2, 0) is 9.47 Å². The van der Waals surface area contributed by atoms with E-state index in [1.165, 1.54) is 51.4 Å². The van der Waals surface area contributed by atoms with E-state index in [2.05, 4.69) is 52.0 Å². The molecule has 0 aliphatic heterocycles. The maximum absolute atomic E-state index is 12.3. The molecule has 0 heterocycles. The molecule has 4 aromatic rings. The summed E-state index contributed by atoms with van der Waals surface area (Å²) in [5, 5.41) is 0. The summed E-state index contributed by atoms with van der Waals surface area (Å²) < 4.78 is 22.8. The van der Waals surface area contributed by atoms with E-state index in [1.54, 1.807) is 0 Å². The Hall–Kier alpha value is -4.58. The monoisotopic (exact) mass is 734 g/mol. The summed E-state index contributed by atoms with van der Waals surface area (Å²) >= 11 is 0. The highest BCUT2D eigenvalue weighted by molar-refractivity contribution is 5.90. The Bertz CT molecular complexity index is 1500. The van der Waals surface area contributed by atoms with Crippen LogP contribution in [0.15, 0.2) is 97.1 Å². The molecule has 0 aliphatic rings. The van der Waals surface area contributed by atoms with E-state index >= 15 is 0 Å². The lowest BCUT2D eigenvalue weighted by Crippen LogP contribution is -2.11. The van der Waals surface area contributed by atoms with Crippen molar-refractivity contribution in [2.24, 2.45) is 11.8 Å². The van der Waals surface area contributed by atoms with Crippen molar-refractivity contribution >= 4 is 11.9 Å². The molecule has 6 nitrogen and oxygen atoms in total. The fraction of sp³-hybridized carbons (Fsp3) is 0.458. The first kappa shape index (κ1) is 42.2. The summed E-state index contributed by atoms with van der Waals surface area (Å²) in [6, 6.07) is 31.5. The standard InChI is InChI=1S/C48H62O6/c1-5-37(3)35-53-47(49)43-21-17-39(18-22-43)41-25-29-45(30-26-41)51-33-15-13-11-9-7-8-10-12-14-16-34-52-46-31-27-42(28-32-46)40-19-23-44(24-20-40)48(50)54-36-38(4)6-2/h17-32,37-38H,5-16,33-36H2,1-4H3/t37-,38-/m0/s1. The highest BCUT2D eigenvalue weighted by atomic mass is 16.5. The lowest BCUT2D eigenvalue weighted by Gasteiger charge is -2.10. The van der Waals surface area contributed by atoms with Gasteiger partial charge < -0.3 is 18.9 Å². The van der Waals surface area contributed by atoms with Crippen LogP contribution in [0, 0.1) is 11.8 Å². The Kier molecular flexibility index (Phi) is 18.7. The molecule has 0 aliphatic carbocycles. The van der Waals surface area contributed by atoms with Crippen LogP contribution in [0.5, 0.6) is 11.5 Å². The quantitative estimate of drug-likeness (QED) is 0.0499. The minimum absolute atomic E-state index is 0.265. The van der Waals surface area contributed by atoms with Crippen molar-refractivity contribution in [1.29, 1.82) is 0 Å². The number of benzene rings is 4.